The summed E-state index contributed by atoms with van der Waals surface area (Å²) < 4.78 is 11.0. The molecular weight excluding hydrogens is 258 g/mol. The van der Waals surface area contributed by atoms with Gasteiger partial charge in [-0.15, -0.1) is 0 Å². The number of nitrogens with zero attached hydrogens (tertiary/aromatic N) is 2. The molecule has 1 aliphatic rings. The zero-order chi connectivity index (χ0) is 13.9. The molecule has 0 unspecified atom stereocenters. The summed E-state index contributed by atoms with van der Waals surface area (Å²) in [4.78, 5) is 18.0. The summed E-state index contributed by atoms with van der Waals surface area (Å²) in [5, 5.41) is 3.21. The highest BCUT2D eigenvalue weighted by atomic mass is 16.5. The molecule has 1 aromatic heterocycles. The molecule has 106 valence electrons. The molecule has 1 N–H and O–H groups in total. The lowest BCUT2D eigenvalue weighted by molar-refractivity contribution is -0.133. The maximum Gasteiger partial charge on any atom is 0.260 e. The molecule has 1 fully saturated rings. The normalized spacial score (nSPS) is 15.6. The SMILES string of the molecule is Cc1nc2ccc(OCC(=O)N3CCNCC3)cc2o1. The fraction of sp³-hybridized carbons (Fsp3) is 0.429. The predicted octanol–water partition coefficient (Wildman–Crippen LogP) is 0.947. The van der Waals surface area contributed by atoms with E-state index < -0.39 is 0 Å². The molecule has 1 aliphatic heterocycles. The fourth-order valence-corrected chi connectivity index (χ4v) is 2.26. The first-order valence-corrected chi connectivity index (χ1v) is 6.71. The van der Waals surface area contributed by atoms with Gasteiger partial charge < -0.3 is 19.4 Å². The molecule has 2 heterocycles. The Labute approximate surface area is 116 Å². The Bertz CT molecular complexity index is 617. The first kappa shape index (κ1) is 12.9. The maximum atomic E-state index is 12.0. The van der Waals surface area contributed by atoms with Gasteiger partial charge in [-0.05, 0) is 12.1 Å². The van der Waals surface area contributed by atoms with Crippen LogP contribution in [0.3, 0.4) is 0 Å². The summed E-state index contributed by atoms with van der Waals surface area (Å²) in [7, 11) is 0. The number of aromatic nitrogens is 1. The Morgan fingerprint density at radius 1 is 1.45 bits per heavy atom. The highest BCUT2D eigenvalue weighted by Gasteiger charge is 2.16. The summed E-state index contributed by atoms with van der Waals surface area (Å²) in [6, 6.07) is 5.40. The minimum atomic E-state index is 0.0142. The summed E-state index contributed by atoms with van der Waals surface area (Å²) in [6.07, 6.45) is 0. The molecule has 20 heavy (non-hydrogen) atoms. The molecule has 1 amide bonds. The smallest absolute Gasteiger partial charge is 0.260 e. The highest BCUT2D eigenvalue weighted by molar-refractivity contribution is 5.78. The monoisotopic (exact) mass is 275 g/mol. The summed E-state index contributed by atoms with van der Waals surface area (Å²) in [6.45, 7) is 5.02. The maximum absolute atomic E-state index is 12.0. The molecule has 0 radical (unpaired) electrons. The molecule has 2 aromatic rings. The number of carbonyl (C=O) groups is 1. The van der Waals surface area contributed by atoms with Gasteiger partial charge in [0, 0.05) is 39.2 Å². The first-order valence-electron chi connectivity index (χ1n) is 6.71. The van der Waals surface area contributed by atoms with Crippen molar-refractivity contribution in [2.24, 2.45) is 0 Å². The van der Waals surface area contributed by atoms with Crippen LogP contribution in [0.15, 0.2) is 22.6 Å². The van der Waals surface area contributed by atoms with Crippen molar-refractivity contribution in [2.45, 2.75) is 6.92 Å². The van der Waals surface area contributed by atoms with Gasteiger partial charge in [-0.1, -0.05) is 0 Å². The van der Waals surface area contributed by atoms with Crippen LogP contribution >= 0.6 is 0 Å². The lowest BCUT2D eigenvalue weighted by Crippen LogP contribution is -2.47. The van der Waals surface area contributed by atoms with Gasteiger partial charge in [0.1, 0.15) is 11.3 Å². The minimum Gasteiger partial charge on any atom is -0.484 e. The van der Waals surface area contributed by atoms with Gasteiger partial charge in [0.15, 0.2) is 18.1 Å². The zero-order valence-corrected chi connectivity index (χ0v) is 11.4. The van der Waals surface area contributed by atoms with Crippen LogP contribution in [0.5, 0.6) is 5.75 Å². The largest absolute Gasteiger partial charge is 0.484 e. The van der Waals surface area contributed by atoms with E-state index in [1.54, 1.807) is 19.1 Å². The van der Waals surface area contributed by atoms with Gasteiger partial charge in [-0.25, -0.2) is 4.98 Å². The van der Waals surface area contributed by atoms with Crippen LogP contribution in [0, 0.1) is 6.92 Å². The van der Waals surface area contributed by atoms with Gasteiger partial charge in [-0.2, -0.15) is 0 Å². The molecule has 1 saturated heterocycles. The van der Waals surface area contributed by atoms with Gasteiger partial charge in [0.2, 0.25) is 0 Å². The van der Waals surface area contributed by atoms with Gasteiger partial charge in [-0.3, -0.25) is 4.79 Å². The molecule has 0 aliphatic carbocycles. The Hall–Kier alpha value is -2.08. The van der Waals surface area contributed by atoms with Crippen LogP contribution in [0.4, 0.5) is 0 Å². The number of benzene rings is 1. The van der Waals surface area contributed by atoms with Crippen LogP contribution < -0.4 is 10.1 Å². The van der Waals surface area contributed by atoms with Crippen LogP contribution in [0.2, 0.25) is 0 Å². The topological polar surface area (TPSA) is 67.6 Å². The van der Waals surface area contributed by atoms with E-state index in [9.17, 15) is 4.79 Å². The Kier molecular flexibility index (Phi) is 3.56. The fourth-order valence-electron chi connectivity index (χ4n) is 2.26. The summed E-state index contributed by atoms with van der Waals surface area (Å²) in [5.74, 6) is 1.26. The molecule has 0 bridgehead atoms. The predicted molar refractivity (Wildman–Crippen MR) is 73.7 cm³/mol. The van der Waals surface area contributed by atoms with Crippen molar-refractivity contribution in [3.8, 4) is 5.75 Å². The van der Waals surface area contributed by atoms with Crippen molar-refractivity contribution < 1.29 is 13.9 Å². The molecule has 0 atom stereocenters. The number of amides is 1. The second-order valence-corrected chi connectivity index (χ2v) is 4.78. The highest BCUT2D eigenvalue weighted by Crippen LogP contribution is 2.21. The molecule has 0 spiro atoms. The van der Waals surface area contributed by atoms with Crippen molar-refractivity contribution in [1.29, 1.82) is 0 Å². The number of nitrogens with one attached hydrogen (secondary N) is 1. The Morgan fingerprint density at radius 2 is 2.25 bits per heavy atom. The molecular formula is C14H17N3O3. The third kappa shape index (κ3) is 2.75. The third-order valence-electron chi connectivity index (χ3n) is 3.30. The summed E-state index contributed by atoms with van der Waals surface area (Å²) in [5.41, 5.74) is 1.47. The van der Waals surface area contributed by atoms with E-state index in [2.05, 4.69) is 10.3 Å². The molecule has 1 aromatic carbocycles. The molecule has 6 heteroatoms. The van der Waals surface area contributed by atoms with Crippen LogP contribution in [-0.2, 0) is 4.79 Å². The van der Waals surface area contributed by atoms with Crippen LogP contribution in [0.25, 0.3) is 11.1 Å². The number of oxazole rings is 1. The van der Waals surface area contributed by atoms with Crippen LogP contribution in [-0.4, -0.2) is 48.6 Å². The zero-order valence-electron chi connectivity index (χ0n) is 11.4. The number of aryl methyl sites for hydroxylation is 1. The Morgan fingerprint density at radius 3 is 3.05 bits per heavy atom. The average molecular weight is 275 g/mol. The van der Waals surface area contributed by atoms with Crippen LogP contribution in [0.1, 0.15) is 5.89 Å². The Balaban J connectivity index is 1.62. The number of fused-ring (bicyclic) bond motifs is 1. The number of ether oxygens (including phenoxy) is 1. The standard InChI is InChI=1S/C14H17N3O3/c1-10-16-12-3-2-11(8-13(12)20-10)19-9-14(18)17-6-4-15-5-7-17/h2-3,8,15H,4-7,9H2,1H3. The second kappa shape index (κ2) is 5.50. The quantitative estimate of drug-likeness (QED) is 0.903. The van der Waals surface area contributed by atoms with E-state index in [4.69, 9.17) is 9.15 Å². The van der Waals surface area contributed by atoms with Gasteiger partial charge in [0.05, 0.1) is 0 Å². The molecule has 3 rings (SSSR count). The number of rotatable bonds is 3. The number of hydrogen-bond acceptors (Lipinski definition) is 5. The van der Waals surface area contributed by atoms with Crippen molar-refractivity contribution in [1.82, 2.24) is 15.2 Å². The van der Waals surface area contributed by atoms with E-state index in [0.717, 1.165) is 31.7 Å². The number of hydrogen-bond donors (Lipinski definition) is 1. The average Bonchev–Trinajstić information content (AvgIpc) is 2.85. The first-order chi connectivity index (χ1) is 9.72. The number of carbonyl (C=O) groups excluding carboxylic acids is 1. The number of piperazine rings is 1. The van der Waals surface area contributed by atoms with E-state index in [0.29, 0.717) is 17.2 Å². The lowest BCUT2D eigenvalue weighted by atomic mass is 10.3. The van der Waals surface area contributed by atoms with E-state index in [1.807, 2.05) is 11.0 Å². The molecule has 0 saturated carbocycles. The minimum absolute atomic E-state index is 0.0142. The summed E-state index contributed by atoms with van der Waals surface area (Å²) >= 11 is 0. The van der Waals surface area contributed by atoms with E-state index in [-0.39, 0.29) is 12.5 Å². The van der Waals surface area contributed by atoms with Crippen molar-refractivity contribution >= 4 is 17.0 Å². The third-order valence-corrected chi connectivity index (χ3v) is 3.30. The van der Waals surface area contributed by atoms with Crippen molar-refractivity contribution in [3.63, 3.8) is 0 Å². The molecule has 6 nitrogen and oxygen atoms in total. The van der Waals surface area contributed by atoms with E-state index >= 15 is 0 Å². The van der Waals surface area contributed by atoms with Crippen molar-refractivity contribution in [2.75, 3.05) is 32.8 Å². The van der Waals surface area contributed by atoms with Gasteiger partial charge >= 0.3 is 0 Å². The second-order valence-electron chi connectivity index (χ2n) is 4.78. The lowest BCUT2D eigenvalue weighted by Gasteiger charge is -2.27. The van der Waals surface area contributed by atoms with Gasteiger partial charge in [0.25, 0.3) is 5.91 Å². The van der Waals surface area contributed by atoms with Crippen molar-refractivity contribution in [3.05, 3.63) is 24.1 Å². The van der Waals surface area contributed by atoms with E-state index in [1.165, 1.54) is 0 Å².